The van der Waals surface area contributed by atoms with Crippen LogP contribution in [0.15, 0.2) is 41.0 Å². The molecule has 0 aliphatic carbocycles. The van der Waals surface area contributed by atoms with E-state index in [1.165, 1.54) is 21.2 Å². The Morgan fingerprint density at radius 2 is 1.90 bits per heavy atom. The second-order valence-electron chi connectivity index (χ2n) is 5.10. The number of benzene rings is 1. The molecule has 2 rings (SSSR count). The number of rotatable bonds is 5. The fourth-order valence-electron chi connectivity index (χ4n) is 2.46. The highest BCUT2D eigenvalue weighted by atomic mass is 79.9. The first-order chi connectivity index (χ1) is 9.61. The first-order valence-corrected chi connectivity index (χ1v) is 7.81. The summed E-state index contributed by atoms with van der Waals surface area (Å²) in [5, 5.41) is 3.57. The van der Waals surface area contributed by atoms with E-state index in [0.717, 1.165) is 18.7 Å². The van der Waals surface area contributed by atoms with Crippen molar-refractivity contribution in [2.24, 2.45) is 0 Å². The van der Waals surface area contributed by atoms with Gasteiger partial charge < -0.3 is 5.32 Å². The molecule has 1 atom stereocenters. The molecular weight excluding hydrogens is 312 g/mol. The third kappa shape index (κ3) is 3.68. The van der Waals surface area contributed by atoms with Crippen molar-refractivity contribution in [2.75, 3.05) is 6.54 Å². The summed E-state index contributed by atoms with van der Waals surface area (Å²) >= 11 is 3.64. The van der Waals surface area contributed by atoms with Gasteiger partial charge in [0.05, 0.1) is 0 Å². The average Bonchev–Trinajstić information content (AvgIpc) is 2.45. The molecule has 0 aliphatic heterocycles. The van der Waals surface area contributed by atoms with Crippen LogP contribution in [0, 0.1) is 13.8 Å². The van der Waals surface area contributed by atoms with Gasteiger partial charge in [0.2, 0.25) is 0 Å². The first-order valence-electron chi connectivity index (χ1n) is 7.01. The molecule has 0 spiro atoms. The SMILES string of the molecule is CCNC(Cc1ccccn1)c1cc(C)c(Br)c(C)c1. The van der Waals surface area contributed by atoms with Crippen molar-refractivity contribution in [3.8, 4) is 0 Å². The van der Waals surface area contributed by atoms with Crippen molar-refractivity contribution in [1.29, 1.82) is 0 Å². The van der Waals surface area contributed by atoms with Gasteiger partial charge in [-0.15, -0.1) is 0 Å². The highest BCUT2D eigenvalue weighted by molar-refractivity contribution is 9.10. The number of nitrogens with one attached hydrogen (secondary N) is 1. The van der Waals surface area contributed by atoms with Crippen LogP contribution in [0.25, 0.3) is 0 Å². The molecule has 1 heterocycles. The van der Waals surface area contributed by atoms with E-state index in [4.69, 9.17) is 0 Å². The molecule has 1 unspecified atom stereocenters. The van der Waals surface area contributed by atoms with Crippen LogP contribution in [0.3, 0.4) is 0 Å². The molecule has 1 N–H and O–H groups in total. The highest BCUT2D eigenvalue weighted by Crippen LogP contribution is 2.27. The van der Waals surface area contributed by atoms with E-state index in [9.17, 15) is 0 Å². The van der Waals surface area contributed by atoms with Crippen LogP contribution >= 0.6 is 15.9 Å². The van der Waals surface area contributed by atoms with Gasteiger partial charge in [-0.3, -0.25) is 4.98 Å². The summed E-state index contributed by atoms with van der Waals surface area (Å²) in [6, 6.07) is 10.9. The van der Waals surface area contributed by atoms with Crippen molar-refractivity contribution < 1.29 is 0 Å². The molecule has 0 radical (unpaired) electrons. The molecule has 106 valence electrons. The molecule has 0 saturated heterocycles. The summed E-state index contributed by atoms with van der Waals surface area (Å²) in [6.07, 6.45) is 2.77. The molecule has 0 saturated carbocycles. The number of pyridine rings is 1. The van der Waals surface area contributed by atoms with Crippen molar-refractivity contribution >= 4 is 15.9 Å². The molecule has 20 heavy (non-hydrogen) atoms. The maximum Gasteiger partial charge on any atom is 0.0422 e. The Morgan fingerprint density at radius 1 is 1.20 bits per heavy atom. The molecule has 1 aromatic carbocycles. The Balaban J connectivity index is 2.29. The van der Waals surface area contributed by atoms with Gasteiger partial charge >= 0.3 is 0 Å². The third-order valence-corrected chi connectivity index (χ3v) is 4.70. The lowest BCUT2D eigenvalue weighted by Crippen LogP contribution is -2.23. The summed E-state index contributed by atoms with van der Waals surface area (Å²) in [4.78, 5) is 4.44. The number of nitrogens with zero attached hydrogens (tertiary/aromatic N) is 1. The zero-order chi connectivity index (χ0) is 14.5. The monoisotopic (exact) mass is 332 g/mol. The Labute approximate surface area is 129 Å². The van der Waals surface area contributed by atoms with Crippen molar-refractivity contribution in [3.05, 3.63) is 63.4 Å². The molecule has 2 aromatic rings. The zero-order valence-corrected chi connectivity index (χ0v) is 13.9. The quantitative estimate of drug-likeness (QED) is 0.880. The Bertz CT molecular complexity index is 543. The predicted molar refractivity (Wildman–Crippen MR) is 88.0 cm³/mol. The smallest absolute Gasteiger partial charge is 0.0422 e. The highest BCUT2D eigenvalue weighted by Gasteiger charge is 2.14. The number of hydrogen-bond donors (Lipinski definition) is 1. The van der Waals surface area contributed by atoms with Crippen LogP contribution < -0.4 is 5.32 Å². The van der Waals surface area contributed by atoms with E-state index in [0.29, 0.717) is 6.04 Å². The van der Waals surface area contributed by atoms with Gasteiger partial charge in [0.15, 0.2) is 0 Å². The van der Waals surface area contributed by atoms with Crippen LogP contribution in [-0.4, -0.2) is 11.5 Å². The van der Waals surface area contributed by atoms with Crippen LogP contribution in [0.5, 0.6) is 0 Å². The van der Waals surface area contributed by atoms with Crippen molar-refractivity contribution in [1.82, 2.24) is 10.3 Å². The number of aryl methyl sites for hydroxylation is 2. The fourth-order valence-corrected chi connectivity index (χ4v) is 2.69. The zero-order valence-electron chi connectivity index (χ0n) is 12.3. The van der Waals surface area contributed by atoms with E-state index < -0.39 is 0 Å². The van der Waals surface area contributed by atoms with Gasteiger partial charge in [-0.2, -0.15) is 0 Å². The molecule has 0 fully saturated rings. The van der Waals surface area contributed by atoms with Crippen LogP contribution in [0.4, 0.5) is 0 Å². The molecule has 1 aromatic heterocycles. The van der Waals surface area contributed by atoms with Gasteiger partial charge in [0.1, 0.15) is 0 Å². The normalized spacial score (nSPS) is 12.4. The van der Waals surface area contributed by atoms with Crippen molar-refractivity contribution in [2.45, 2.75) is 33.2 Å². The Hall–Kier alpha value is -1.19. The lowest BCUT2D eigenvalue weighted by molar-refractivity contribution is 0.543. The van der Waals surface area contributed by atoms with E-state index in [-0.39, 0.29) is 0 Å². The van der Waals surface area contributed by atoms with Gasteiger partial charge in [-0.05, 0) is 49.2 Å². The topological polar surface area (TPSA) is 24.9 Å². The van der Waals surface area contributed by atoms with Gasteiger partial charge in [0.25, 0.3) is 0 Å². The number of hydrogen-bond acceptors (Lipinski definition) is 2. The van der Waals surface area contributed by atoms with Crippen molar-refractivity contribution in [3.63, 3.8) is 0 Å². The van der Waals surface area contributed by atoms with Crippen LogP contribution in [0.1, 0.15) is 35.3 Å². The first kappa shape index (κ1) is 15.2. The van der Waals surface area contributed by atoms with E-state index in [1.54, 1.807) is 0 Å². The summed E-state index contributed by atoms with van der Waals surface area (Å²) in [7, 11) is 0. The summed E-state index contributed by atoms with van der Waals surface area (Å²) in [6.45, 7) is 7.38. The largest absolute Gasteiger partial charge is 0.310 e. The summed E-state index contributed by atoms with van der Waals surface area (Å²) in [5.74, 6) is 0. The van der Waals surface area contributed by atoms with Crippen LogP contribution in [0.2, 0.25) is 0 Å². The molecule has 3 heteroatoms. The maximum atomic E-state index is 4.44. The summed E-state index contributed by atoms with van der Waals surface area (Å²) < 4.78 is 1.20. The third-order valence-electron chi connectivity index (χ3n) is 3.45. The number of likely N-dealkylation sites (N-methyl/N-ethyl adjacent to an activating group) is 1. The van der Waals surface area contributed by atoms with Crippen LogP contribution in [-0.2, 0) is 6.42 Å². The van der Waals surface area contributed by atoms with Gasteiger partial charge in [0, 0.05) is 28.8 Å². The second-order valence-corrected chi connectivity index (χ2v) is 5.90. The minimum atomic E-state index is 0.306. The van der Waals surface area contributed by atoms with E-state index in [1.807, 2.05) is 18.3 Å². The molecule has 2 nitrogen and oxygen atoms in total. The Morgan fingerprint density at radius 3 is 2.45 bits per heavy atom. The standard InChI is InChI=1S/C17H21BrN2/c1-4-19-16(11-15-7-5-6-8-20-15)14-9-12(2)17(18)13(3)10-14/h5-10,16,19H,4,11H2,1-3H3. The maximum absolute atomic E-state index is 4.44. The fraction of sp³-hybridized carbons (Fsp3) is 0.353. The molecule has 0 bridgehead atoms. The summed E-state index contributed by atoms with van der Waals surface area (Å²) in [5.41, 5.74) is 5.01. The minimum Gasteiger partial charge on any atom is -0.310 e. The van der Waals surface area contributed by atoms with E-state index >= 15 is 0 Å². The number of halogens is 1. The number of aromatic nitrogens is 1. The van der Waals surface area contributed by atoms with Gasteiger partial charge in [-0.25, -0.2) is 0 Å². The predicted octanol–water partition coefficient (Wildman–Crippen LogP) is 4.35. The van der Waals surface area contributed by atoms with Gasteiger partial charge in [-0.1, -0.05) is 41.1 Å². The lowest BCUT2D eigenvalue weighted by atomic mass is 9.97. The molecule has 0 aliphatic rings. The lowest BCUT2D eigenvalue weighted by Gasteiger charge is -2.20. The Kier molecular flexibility index (Phi) is 5.32. The average molecular weight is 333 g/mol. The molecule has 0 amide bonds. The minimum absolute atomic E-state index is 0.306. The second kappa shape index (κ2) is 7.00. The molecular formula is C17H21BrN2. The van der Waals surface area contributed by atoms with E-state index in [2.05, 4.69) is 65.2 Å².